The molecule has 1 heterocycles. The molecule has 0 aliphatic carbocycles. The molecule has 1 aromatic heterocycles. The molecule has 0 fully saturated rings. The normalized spacial score (nSPS) is 10.7. The lowest BCUT2D eigenvalue weighted by Crippen LogP contribution is -2.37. The molecule has 1 aromatic carbocycles. The zero-order valence-electron chi connectivity index (χ0n) is 18.1. The van der Waals surface area contributed by atoms with E-state index in [9.17, 15) is 19.2 Å². The van der Waals surface area contributed by atoms with Crippen LogP contribution in [0, 0.1) is 0 Å². The van der Waals surface area contributed by atoms with Gasteiger partial charge in [-0.25, -0.2) is 4.79 Å². The molecule has 2 aromatic rings. The van der Waals surface area contributed by atoms with Crippen LogP contribution in [-0.2, 0) is 35.0 Å². The van der Waals surface area contributed by atoms with E-state index in [1.165, 1.54) is 63.2 Å². The van der Waals surface area contributed by atoms with Crippen LogP contribution >= 0.6 is 0 Å². The van der Waals surface area contributed by atoms with E-state index < -0.39 is 23.1 Å². The summed E-state index contributed by atoms with van der Waals surface area (Å²) >= 11 is 0. The average Bonchev–Trinajstić information content (AvgIpc) is 2.77. The zero-order chi connectivity index (χ0) is 23.1. The van der Waals surface area contributed by atoms with Gasteiger partial charge < -0.3 is 23.7 Å². The number of carbonyl (C=O) groups is 2. The fraction of sp³-hybridized carbons (Fsp3) is 0.333. The lowest BCUT2D eigenvalue weighted by Gasteiger charge is -2.20. The van der Waals surface area contributed by atoms with Gasteiger partial charge in [-0.3, -0.25) is 19.0 Å². The van der Waals surface area contributed by atoms with E-state index in [4.69, 9.17) is 9.47 Å². The Balaban J connectivity index is 2.35. The van der Waals surface area contributed by atoms with Gasteiger partial charge in [0.05, 0.1) is 26.9 Å². The van der Waals surface area contributed by atoms with E-state index in [1.807, 2.05) is 0 Å². The monoisotopic (exact) mass is 431 g/mol. The van der Waals surface area contributed by atoms with E-state index in [2.05, 4.69) is 4.74 Å². The first kappa shape index (κ1) is 23.5. The van der Waals surface area contributed by atoms with E-state index in [-0.39, 0.29) is 18.7 Å². The van der Waals surface area contributed by atoms with Gasteiger partial charge in [0.1, 0.15) is 18.0 Å². The van der Waals surface area contributed by atoms with Crippen molar-refractivity contribution in [3.63, 3.8) is 0 Å². The maximum atomic E-state index is 12.8. The quantitative estimate of drug-likeness (QED) is 0.437. The Morgan fingerprint density at radius 1 is 1.03 bits per heavy atom. The molecule has 0 aliphatic rings. The number of hydrogen-bond donors (Lipinski definition) is 0. The summed E-state index contributed by atoms with van der Waals surface area (Å²) in [5.74, 6) is -0.0640. The Kier molecular flexibility index (Phi) is 7.78. The van der Waals surface area contributed by atoms with Crippen LogP contribution in [0.3, 0.4) is 0 Å². The van der Waals surface area contributed by atoms with Crippen LogP contribution in [0.25, 0.3) is 6.08 Å². The van der Waals surface area contributed by atoms with Crippen molar-refractivity contribution in [2.45, 2.75) is 6.54 Å². The first-order valence-electron chi connectivity index (χ1n) is 9.22. The minimum Gasteiger partial charge on any atom is -0.497 e. The number of rotatable bonds is 8. The third kappa shape index (κ3) is 5.84. The summed E-state index contributed by atoms with van der Waals surface area (Å²) in [7, 11) is 7.09. The molecule has 166 valence electrons. The van der Waals surface area contributed by atoms with Crippen molar-refractivity contribution in [3.05, 3.63) is 62.4 Å². The first-order chi connectivity index (χ1) is 14.7. The maximum Gasteiger partial charge on any atom is 0.330 e. The van der Waals surface area contributed by atoms with Gasteiger partial charge in [-0.1, -0.05) is 0 Å². The lowest BCUT2D eigenvalue weighted by molar-refractivity contribution is -0.145. The van der Waals surface area contributed by atoms with Gasteiger partial charge in [0, 0.05) is 39.0 Å². The molecule has 2 rings (SSSR count). The zero-order valence-corrected chi connectivity index (χ0v) is 18.1. The summed E-state index contributed by atoms with van der Waals surface area (Å²) in [5.41, 5.74) is -0.198. The SMILES string of the molecule is COC(=O)CN(Cc1cc(OC)cc(OC)c1)C(=O)/C=C/c1cn(C)c(=O)n(C)c1=O. The van der Waals surface area contributed by atoms with Crippen molar-refractivity contribution in [2.75, 3.05) is 27.9 Å². The second-order valence-corrected chi connectivity index (χ2v) is 6.67. The highest BCUT2D eigenvalue weighted by Gasteiger charge is 2.17. The number of benzene rings is 1. The Hall–Kier alpha value is -3.82. The average molecular weight is 431 g/mol. The van der Waals surface area contributed by atoms with Crippen molar-refractivity contribution in [1.29, 1.82) is 0 Å². The number of nitrogens with zero attached hydrogens (tertiary/aromatic N) is 3. The molecule has 1 amide bonds. The van der Waals surface area contributed by atoms with E-state index in [0.717, 1.165) is 4.57 Å². The van der Waals surface area contributed by atoms with Crippen molar-refractivity contribution < 1.29 is 23.8 Å². The second-order valence-electron chi connectivity index (χ2n) is 6.67. The molecule has 0 saturated heterocycles. The molecule has 10 heteroatoms. The van der Waals surface area contributed by atoms with Gasteiger partial charge in [-0.05, 0) is 23.8 Å². The molecule has 0 saturated carbocycles. The molecule has 0 bridgehead atoms. The largest absolute Gasteiger partial charge is 0.497 e. The molecule has 0 radical (unpaired) electrons. The molecule has 0 atom stereocenters. The van der Waals surface area contributed by atoms with Gasteiger partial charge in [-0.2, -0.15) is 0 Å². The Morgan fingerprint density at radius 2 is 1.65 bits per heavy atom. The fourth-order valence-electron chi connectivity index (χ4n) is 2.83. The topological polar surface area (TPSA) is 109 Å². The summed E-state index contributed by atoms with van der Waals surface area (Å²) in [5, 5.41) is 0. The van der Waals surface area contributed by atoms with Gasteiger partial charge in [-0.15, -0.1) is 0 Å². The standard InChI is InChI=1S/C21H25N3O7/c1-22-12-15(20(27)23(2)21(22)28)6-7-18(25)24(13-19(26)31-5)11-14-8-16(29-3)10-17(9-14)30-4/h6-10,12H,11,13H2,1-5H3/b7-6+. The lowest BCUT2D eigenvalue weighted by atomic mass is 10.1. The molecular formula is C21H25N3O7. The van der Waals surface area contributed by atoms with Gasteiger partial charge in [0.15, 0.2) is 0 Å². The van der Waals surface area contributed by atoms with Crippen LogP contribution in [0.5, 0.6) is 11.5 Å². The maximum absolute atomic E-state index is 12.8. The van der Waals surface area contributed by atoms with Gasteiger partial charge in [0.25, 0.3) is 5.56 Å². The Morgan fingerprint density at radius 3 is 2.19 bits per heavy atom. The van der Waals surface area contributed by atoms with Crippen LogP contribution in [0.2, 0.25) is 0 Å². The van der Waals surface area contributed by atoms with Crippen LogP contribution < -0.4 is 20.7 Å². The Bertz CT molecular complexity index is 1090. The predicted molar refractivity (Wildman–Crippen MR) is 113 cm³/mol. The number of hydrogen-bond acceptors (Lipinski definition) is 7. The molecule has 31 heavy (non-hydrogen) atoms. The number of aryl methyl sites for hydroxylation is 1. The summed E-state index contributed by atoms with van der Waals surface area (Å²) < 4.78 is 17.3. The third-order valence-corrected chi connectivity index (χ3v) is 4.52. The first-order valence-corrected chi connectivity index (χ1v) is 9.22. The summed E-state index contributed by atoms with van der Waals surface area (Å²) in [6.45, 7) is -0.235. The van der Waals surface area contributed by atoms with Crippen molar-refractivity contribution >= 4 is 18.0 Å². The number of ether oxygens (including phenoxy) is 3. The minimum atomic E-state index is -0.602. The molecule has 10 nitrogen and oxygen atoms in total. The highest BCUT2D eigenvalue weighted by Crippen LogP contribution is 2.23. The number of esters is 1. The molecule has 0 spiro atoms. The van der Waals surface area contributed by atoms with E-state index in [1.54, 1.807) is 18.2 Å². The van der Waals surface area contributed by atoms with Crippen LogP contribution in [-0.4, -0.2) is 53.8 Å². The van der Waals surface area contributed by atoms with Crippen LogP contribution in [0.1, 0.15) is 11.1 Å². The van der Waals surface area contributed by atoms with E-state index >= 15 is 0 Å². The van der Waals surface area contributed by atoms with Crippen molar-refractivity contribution in [1.82, 2.24) is 14.0 Å². The number of amides is 1. The molecule has 0 aliphatic heterocycles. The molecular weight excluding hydrogens is 406 g/mol. The third-order valence-electron chi connectivity index (χ3n) is 4.52. The minimum absolute atomic E-state index is 0.0666. The predicted octanol–water partition coefficient (Wildman–Crippen LogP) is 0.316. The smallest absolute Gasteiger partial charge is 0.330 e. The fourth-order valence-corrected chi connectivity index (χ4v) is 2.83. The number of carbonyl (C=O) groups excluding carboxylic acids is 2. The van der Waals surface area contributed by atoms with Gasteiger partial charge >= 0.3 is 11.7 Å². The summed E-state index contributed by atoms with van der Waals surface area (Å²) in [6.07, 6.45) is 3.81. The Labute approximate surface area is 178 Å². The molecule has 0 unspecified atom stereocenters. The van der Waals surface area contributed by atoms with Gasteiger partial charge in [0.2, 0.25) is 5.91 Å². The second kappa shape index (κ2) is 10.3. The van der Waals surface area contributed by atoms with Crippen LogP contribution in [0.15, 0.2) is 40.1 Å². The summed E-state index contributed by atoms with van der Waals surface area (Å²) in [6, 6.07) is 5.12. The van der Waals surface area contributed by atoms with Crippen LogP contribution in [0.4, 0.5) is 0 Å². The van der Waals surface area contributed by atoms with Crippen molar-refractivity contribution in [3.8, 4) is 11.5 Å². The highest BCUT2D eigenvalue weighted by molar-refractivity contribution is 5.93. The summed E-state index contributed by atoms with van der Waals surface area (Å²) in [4.78, 5) is 50.0. The number of aromatic nitrogens is 2. The highest BCUT2D eigenvalue weighted by atomic mass is 16.5. The number of methoxy groups -OCH3 is 3. The van der Waals surface area contributed by atoms with Crippen molar-refractivity contribution in [2.24, 2.45) is 14.1 Å². The van der Waals surface area contributed by atoms with E-state index in [0.29, 0.717) is 17.1 Å². The molecule has 0 N–H and O–H groups in total.